The van der Waals surface area contributed by atoms with Gasteiger partial charge in [0.1, 0.15) is 5.75 Å². The lowest BCUT2D eigenvalue weighted by Crippen LogP contribution is -2.42. The molecule has 19 heavy (non-hydrogen) atoms. The van der Waals surface area contributed by atoms with Gasteiger partial charge in [0.2, 0.25) is 0 Å². The Bertz CT molecular complexity index is 443. The molecule has 1 rings (SSSR count). The molecule has 0 saturated heterocycles. The van der Waals surface area contributed by atoms with Gasteiger partial charge in [-0.05, 0) is 12.6 Å². The van der Waals surface area contributed by atoms with Crippen molar-refractivity contribution >= 4 is 10.1 Å². The lowest BCUT2D eigenvalue weighted by molar-refractivity contribution is 0.109. The Morgan fingerprint density at radius 3 is 2.79 bits per heavy atom. The van der Waals surface area contributed by atoms with Gasteiger partial charge in [0.05, 0.1) is 19.0 Å². The number of allylic oxidation sites excluding steroid dienone is 2. The van der Waals surface area contributed by atoms with Gasteiger partial charge < -0.3 is 9.84 Å². The van der Waals surface area contributed by atoms with Crippen LogP contribution in [-0.4, -0.2) is 61.1 Å². The molecule has 2 unspecified atom stereocenters. The van der Waals surface area contributed by atoms with E-state index in [1.165, 1.54) is 0 Å². The fourth-order valence-corrected chi connectivity index (χ4v) is 2.69. The molecule has 110 valence electrons. The molecule has 0 spiro atoms. The van der Waals surface area contributed by atoms with Crippen LogP contribution in [0.5, 0.6) is 0 Å². The molecule has 2 atom stereocenters. The van der Waals surface area contributed by atoms with Crippen LogP contribution in [0, 0.1) is 0 Å². The van der Waals surface area contributed by atoms with Crippen molar-refractivity contribution < 1.29 is 22.8 Å². The Kier molecular flexibility index (Phi) is 5.99. The molecule has 7 heteroatoms. The van der Waals surface area contributed by atoms with Crippen molar-refractivity contribution in [1.82, 2.24) is 4.90 Å². The van der Waals surface area contributed by atoms with Gasteiger partial charge >= 0.3 is 0 Å². The predicted molar refractivity (Wildman–Crippen MR) is 72.3 cm³/mol. The maximum absolute atomic E-state index is 10.7. The van der Waals surface area contributed by atoms with Gasteiger partial charge in [-0.2, -0.15) is 8.42 Å². The second kappa shape index (κ2) is 7.04. The van der Waals surface area contributed by atoms with E-state index in [-0.39, 0.29) is 12.6 Å². The number of aliphatic hydroxyl groups is 1. The summed E-state index contributed by atoms with van der Waals surface area (Å²) in [6, 6.07) is 0.0565. The number of likely N-dealkylation sites (N-methyl/N-ethyl adjacent to an activating group) is 1. The highest BCUT2D eigenvalue weighted by molar-refractivity contribution is 7.85. The summed E-state index contributed by atoms with van der Waals surface area (Å²) in [7, 11) is -2.55. The van der Waals surface area contributed by atoms with E-state index in [0.29, 0.717) is 13.0 Å². The Morgan fingerprint density at radius 1 is 1.58 bits per heavy atom. The summed E-state index contributed by atoms with van der Waals surface area (Å²) in [5.41, 5.74) is 0. The maximum atomic E-state index is 10.7. The van der Waals surface area contributed by atoms with E-state index in [1.807, 2.05) is 30.1 Å². The third-order valence-electron chi connectivity index (χ3n) is 3.01. The van der Waals surface area contributed by atoms with E-state index < -0.39 is 22.0 Å². The molecule has 0 saturated carbocycles. The van der Waals surface area contributed by atoms with Crippen LogP contribution < -0.4 is 0 Å². The highest BCUT2D eigenvalue weighted by Gasteiger charge is 2.23. The van der Waals surface area contributed by atoms with Gasteiger partial charge in [-0.1, -0.05) is 19.1 Å². The molecule has 2 N–H and O–H groups in total. The molecule has 0 aromatic heterocycles. The average Bonchev–Trinajstić information content (AvgIpc) is 2.34. The van der Waals surface area contributed by atoms with Crippen molar-refractivity contribution in [3.05, 3.63) is 24.0 Å². The monoisotopic (exact) mass is 291 g/mol. The quantitative estimate of drug-likeness (QED) is 0.661. The van der Waals surface area contributed by atoms with Crippen LogP contribution in [0.4, 0.5) is 0 Å². The first-order valence-electron chi connectivity index (χ1n) is 6.14. The molecule has 0 aliphatic heterocycles. The number of nitrogens with zero attached hydrogens (tertiary/aromatic N) is 1. The summed E-state index contributed by atoms with van der Waals surface area (Å²) in [6.45, 7) is 2.77. The molecular weight excluding hydrogens is 270 g/mol. The molecule has 0 fully saturated rings. The van der Waals surface area contributed by atoms with Crippen molar-refractivity contribution in [2.24, 2.45) is 0 Å². The van der Waals surface area contributed by atoms with Gasteiger partial charge in [-0.25, -0.2) is 0 Å². The standard InChI is InChI=1S/C12H21NO5S/c1-3-13(8-11(14)9-19(15,16)17)10-5-4-6-12(7-10)18-2/h4-6,10-11,14H,3,7-9H2,1-2H3,(H,15,16,17). The Morgan fingerprint density at radius 2 is 2.26 bits per heavy atom. The highest BCUT2D eigenvalue weighted by Crippen LogP contribution is 2.18. The molecule has 0 amide bonds. The maximum Gasteiger partial charge on any atom is 0.267 e. The molecule has 1 aliphatic carbocycles. The number of rotatable bonds is 7. The molecule has 0 heterocycles. The van der Waals surface area contributed by atoms with E-state index in [1.54, 1.807) is 7.11 Å². The largest absolute Gasteiger partial charge is 0.501 e. The number of hydrogen-bond donors (Lipinski definition) is 2. The number of ether oxygens (including phenoxy) is 1. The summed E-state index contributed by atoms with van der Waals surface area (Å²) >= 11 is 0. The van der Waals surface area contributed by atoms with E-state index in [2.05, 4.69) is 0 Å². The van der Waals surface area contributed by atoms with E-state index >= 15 is 0 Å². The Hall–Kier alpha value is -0.890. The zero-order chi connectivity index (χ0) is 14.5. The van der Waals surface area contributed by atoms with Crippen LogP contribution >= 0.6 is 0 Å². The minimum Gasteiger partial charge on any atom is -0.501 e. The van der Waals surface area contributed by atoms with Crippen LogP contribution in [0.2, 0.25) is 0 Å². The molecule has 6 nitrogen and oxygen atoms in total. The lowest BCUT2D eigenvalue weighted by Gasteiger charge is -2.31. The van der Waals surface area contributed by atoms with Crippen LogP contribution in [0.15, 0.2) is 24.0 Å². The Balaban J connectivity index is 2.59. The van der Waals surface area contributed by atoms with Crippen molar-refractivity contribution in [3.8, 4) is 0 Å². The fraction of sp³-hybridized carbons (Fsp3) is 0.667. The van der Waals surface area contributed by atoms with Crippen LogP contribution in [0.3, 0.4) is 0 Å². The second-order valence-electron chi connectivity index (χ2n) is 4.48. The number of aliphatic hydroxyl groups excluding tert-OH is 1. The van der Waals surface area contributed by atoms with Gasteiger partial charge in [0.15, 0.2) is 0 Å². The molecule has 0 aromatic carbocycles. The van der Waals surface area contributed by atoms with Gasteiger partial charge in [0.25, 0.3) is 10.1 Å². The number of methoxy groups -OCH3 is 1. The molecule has 1 aliphatic rings. The lowest BCUT2D eigenvalue weighted by atomic mass is 10.0. The predicted octanol–water partition coefficient (Wildman–Crippen LogP) is 0.416. The molecular formula is C12H21NO5S. The van der Waals surface area contributed by atoms with E-state index in [9.17, 15) is 13.5 Å². The first kappa shape index (κ1) is 16.2. The topological polar surface area (TPSA) is 87.1 Å². The molecule has 0 aromatic rings. The summed E-state index contributed by atoms with van der Waals surface area (Å²) < 4.78 is 35.3. The van der Waals surface area contributed by atoms with Crippen molar-refractivity contribution in [2.45, 2.75) is 25.5 Å². The van der Waals surface area contributed by atoms with Gasteiger partial charge in [-0.15, -0.1) is 0 Å². The van der Waals surface area contributed by atoms with Crippen molar-refractivity contribution in [1.29, 1.82) is 0 Å². The van der Waals surface area contributed by atoms with E-state index in [0.717, 1.165) is 5.76 Å². The third kappa shape index (κ3) is 5.73. The summed E-state index contributed by atoms with van der Waals surface area (Å²) in [4.78, 5) is 1.94. The van der Waals surface area contributed by atoms with E-state index in [4.69, 9.17) is 9.29 Å². The zero-order valence-electron chi connectivity index (χ0n) is 11.2. The van der Waals surface area contributed by atoms with Crippen LogP contribution in [0.25, 0.3) is 0 Å². The average molecular weight is 291 g/mol. The summed E-state index contributed by atoms with van der Waals surface area (Å²) in [5.74, 6) is 0.197. The zero-order valence-corrected chi connectivity index (χ0v) is 12.0. The Labute approximate surface area is 114 Å². The minimum atomic E-state index is -4.15. The SMILES string of the molecule is CCN(CC(O)CS(=O)(=O)O)C1C=CC=C(OC)C1. The van der Waals surface area contributed by atoms with Gasteiger partial charge in [0, 0.05) is 19.0 Å². The van der Waals surface area contributed by atoms with Crippen molar-refractivity contribution in [3.63, 3.8) is 0 Å². The molecule has 0 bridgehead atoms. The molecule has 0 radical (unpaired) electrons. The van der Waals surface area contributed by atoms with Crippen LogP contribution in [0.1, 0.15) is 13.3 Å². The fourth-order valence-electron chi connectivity index (χ4n) is 2.10. The number of hydrogen-bond acceptors (Lipinski definition) is 5. The summed E-state index contributed by atoms with van der Waals surface area (Å²) in [5, 5.41) is 9.69. The normalized spacial score (nSPS) is 21.3. The first-order chi connectivity index (χ1) is 8.85. The highest BCUT2D eigenvalue weighted by atomic mass is 32.2. The smallest absolute Gasteiger partial charge is 0.267 e. The second-order valence-corrected chi connectivity index (χ2v) is 5.98. The first-order valence-corrected chi connectivity index (χ1v) is 7.75. The van der Waals surface area contributed by atoms with Crippen LogP contribution in [-0.2, 0) is 14.9 Å². The third-order valence-corrected chi connectivity index (χ3v) is 3.82. The summed E-state index contributed by atoms with van der Waals surface area (Å²) in [6.07, 6.45) is 5.30. The van der Waals surface area contributed by atoms with Gasteiger partial charge in [-0.3, -0.25) is 9.45 Å². The minimum absolute atomic E-state index is 0.0565. The van der Waals surface area contributed by atoms with Crippen molar-refractivity contribution in [2.75, 3.05) is 26.0 Å².